The van der Waals surface area contributed by atoms with Crippen molar-refractivity contribution in [3.05, 3.63) is 35.4 Å². The van der Waals surface area contributed by atoms with Gasteiger partial charge < -0.3 is 14.2 Å². The zero-order valence-corrected chi connectivity index (χ0v) is 11.0. The van der Waals surface area contributed by atoms with Gasteiger partial charge in [-0.2, -0.15) is 0 Å². The van der Waals surface area contributed by atoms with Crippen LogP contribution in [0.1, 0.15) is 22.3 Å². The lowest BCUT2D eigenvalue weighted by atomic mass is 10.1. The molecular formula is C14H17FO4. The lowest BCUT2D eigenvalue weighted by molar-refractivity contribution is -0.141. The summed E-state index contributed by atoms with van der Waals surface area (Å²) < 4.78 is 28.5. The normalized spacial score (nSPS) is 26.4. The highest BCUT2D eigenvalue weighted by Crippen LogP contribution is 2.24. The van der Waals surface area contributed by atoms with Gasteiger partial charge in [-0.05, 0) is 19.1 Å². The van der Waals surface area contributed by atoms with Crippen LogP contribution >= 0.6 is 0 Å². The number of carbonyl (C=O) groups is 1. The summed E-state index contributed by atoms with van der Waals surface area (Å²) in [6.45, 7) is 1.97. The van der Waals surface area contributed by atoms with Crippen LogP contribution in [0.3, 0.4) is 0 Å². The molecule has 5 heteroatoms. The molecule has 1 aliphatic heterocycles. The van der Waals surface area contributed by atoms with E-state index in [0.29, 0.717) is 5.56 Å². The summed E-state index contributed by atoms with van der Waals surface area (Å²) in [5.41, 5.74) is 1.54. The molecule has 0 unspecified atom stereocenters. The van der Waals surface area contributed by atoms with Crippen LogP contribution in [0.2, 0.25) is 0 Å². The molecule has 1 saturated heterocycles. The molecule has 0 N–H and O–H groups in total. The van der Waals surface area contributed by atoms with E-state index in [9.17, 15) is 9.18 Å². The van der Waals surface area contributed by atoms with Gasteiger partial charge >= 0.3 is 5.97 Å². The predicted molar refractivity (Wildman–Crippen MR) is 66.6 cm³/mol. The van der Waals surface area contributed by atoms with Gasteiger partial charge in [0.25, 0.3) is 0 Å². The largest absolute Gasteiger partial charge is 0.459 e. The molecule has 1 heterocycles. The second-order valence-corrected chi connectivity index (χ2v) is 4.58. The number of ether oxygens (including phenoxy) is 3. The quantitative estimate of drug-likeness (QED) is 0.786. The van der Waals surface area contributed by atoms with Crippen LogP contribution in [0.5, 0.6) is 0 Å². The molecule has 1 aliphatic rings. The molecule has 1 aromatic carbocycles. The topological polar surface area (TPSA) is 44.8 Å². The minimum Gasteiger partial charge on any atom is -0.459 e. The SMILES string of the molecule is CO[C@H]1O[C@H](COC(=O)c2ccc(C)cc2)C[C@@H]1F. The first-order valence-corrected chi connectivity index (χ1v) is 6.16. The van der Waals surface area contributed by atoms with Gasteiger partial charge in [-0.3, -0.25) is 0 Å². The number of carbonyl (C=O) groups excluding carboxylic acids is 1. The maximum Gasteiger partial charge on any atom is 0.338 e. The van der Waals surface area contributed by atoms with Crippen molar-refractivity contribution in [3.63, 3.8) is 0 Å². The maximum absolute atomic E-state index is 13.3. The Bertz CT molecular complexity index is 432. The number of halogens is 1. The van der Waals surface area contributed by atoms with E-state index in [1.807, 2.05) is 19.1 Å². The second kappa shape index (κ2) is 6.12. The fourth-order valence-electron chi connectivity index (χ4n) is 1.94. The molecule has 0 bridgehead atoms. The third kappa shape index (κ3) is 3.52. The van der Waals surface area contributed by atoms with Crippen LogP contribution in [-0.2, 0) is 14.2 Å². The maximum atomic E-state index is 13.3. The standard InChI is InChI=1S/C14H17FO4/c1-9-3-5-10(6-4-9)13(16)18-8-11-7-12(15)14(17-2)19-11/h3-6,11-12,14H,7-8H2,1-2H3/t11-,12-,14-/m0/s1. The lowest BCUT2D eigenvalue weighted by Gasteiger charge is -2.12. The molecule has 0 aromatic heterocycles. The van der Waals surface area contributed by atoms with E-state index < -0.39 is 24.5 Å². The number of methoxy groups -OCH3 is 1. The Labute approximate surface area is 111 Å². The molecule has 2 rings (SSSR count). The second-order valence-electron chi connectivity index (χ2n) is 4.58. The van der Waals surface area contributed by atoms with E-state index in [-0.39, 0.29) is 13.0 Å². The smallest absolute Gasteiger partial charge is 0.338 e. The molecule has 1 fully saturated rings. The molecule has 3 atom stereocenters. The van der Waals surface area contributed by atoms with Crippen LogP contribution < -0.4 is 0 Å². The van der Waals surface area contributed by atoms with Crippen LogP contribution in [0.4, 0.5) is 4.39 Å². The van der Waals surface area contributed by atoms with E-state index in [1.54, 1.807) is 12.1 Å². The van der Waals surface area contributed by atoms with Crippen LogP contribution in [0, 0.1) is 6.92 Å². The number of benzene rings is 1. The van der Waals surface area contributed by atoms with E-state index in [0.717, 1.165) is 5.56 Å². The summed E-state index contributed by atoms with van der Waals surface area (Å²) >= 11 is 0. The van der Waals surface area contributed by atoms with Crippen molar-refractivity contribution in [2.75, 3.05) is 13.7 Å². The molecule has 0 spiro atoms. The monoisotopic (exact) mass is 268 g/mol. The molecule has 0 radical (unpaired) electrons. The van der Waals surface area contributed by atoms with E-state index in [2.05, 4.69) is 0 Å². The van der Waals surface area contributed by atoms with Gasteiger partial charge in [0.1, 0.15) is 6.61 Å². The number of esters is 1. The van der Waals surface area contributed by atoms with E-state index in [4.69, 9.17) is 14.2 Å². The average Bonchev–Trinajstić information content (AvgIpc) is 2.77. The third-order valence-electron chi connectivity index (χ3n) is 3.03. The van der Waals surface area contributed by atoms with Gasteiger partial charge in [0.2, 0.25) is 0 Å². The fourth-order valence-corrected chi connectivity index (χ4v) is 1.94. The number of hydrogen-bond acceptors (Lipinski definition) is 4. The minimum absolute atomic E-state index is 0.0347. The van der Waals surface area contributed by atoms with Crippen LogP contribution in [-0.4, -0.2) is 38.3 Å². The summed E-state index contributed by atoms with van der Waals surface area (Å²) in [6.07, 6.45) is -2.30. The zero-order chi connectivity index (χ0) is 13.8. The summed E-state index contributed by atoms with van der Waals surface area (Å²) in [6, 6.07) is 7.06. The fraction of sp³-hybridized carbons (Fsp3) is 0.500. The first kappa shape index (κ1) is 14.0. The van der Waals surface area contributed by atoms with Crippen molar-refractivity contribution in [3.8, 4) is 0 Å². The molecule has 19 heavy (non-hydrogen) atoms. The van der Waals surface area contributed by atoms with Gasteiger partial charge in [-0.15, -0.1) is 0 Å². The third-order valence-corrected chi connectivity index (χ3v) is 3.03. The van der Waals surface area contributed by atoms with Crippen molar-refractivity contribution < 1.29 is 23.4 Å². The van der Waals surface area contributed by atoms with Crippen molar-refractivity contribution in [1.29, 1.82) is 0 Å². The van der Waals surface area contributed by atoms with Gasteiger partial charge in [0.05, 0.1) is 11.7 Å². The molecular weight excluding hydrogens is 251 g/mol. The Morgan fingerprint density at radius 2 is 2.11 bits per heavy atom. The Morgan fingerprint density at radius 1 is 1.42 bits per heavy atom. The van der Waals surface area contributed by atoms with E-state index >= 15 is 0 Å². The minimum atomic E-state index is -1.17. The van der Waals surface area contributed by atoms with Crippen molar-refractivity contribution in [2.45, 2.75) is 31.9 Å². The van der Waals surface area contributed by atoms with Gasteiger partial charge in [0.15, 0.2) is 12.5 Å². The van der Waals surface area contributed by atoms with Crippen molar-refractivity contribution in [1.82, 2.24) is 0 Å². The Morgan fingerprint density at radius 3 is 2.68 bits per heavy atom. The van der Waals surface area contributed by atoms with Crippen molar-refractivity contribution in [2.24, 2.45) is 0 Å². The highest BCUT2D eigenvalue weighted by Gasteiger charge is 2.36. The number of hydrogen-bond donors (Lipinski definition) is 0. The van der Waals surface area contributed by atoms with Gasteiger partial charge in [-0.1, -0.05) is 17.7 Å². The number of aryl methyl sites for hydroxylation is 1. The summed E-state index contributed by atoms with van der Waals surface area (Å²) in [7, 11) is 1.39. The first-order chi connectivity index (χ1) is 9.10. The Hall–Kier alpha value is -1.46. The summed E-state index contributed by atoms with van der Waals surface area (Å²) in [5.74, 6) is -0.431. The van der Waals surface area contributed by atoms with Gasteiger partial charge in [0, 0.05) is 13.5 Å². The van der Waals surface area contributed by atoms with Gasteiger partial charge in [-0.25, -0.2) is 9.18 Å². The molecule has 104 valence electrons. The predicted octanol–water partition coefficient (Wildman–Crippen LogP) is 2.25. The zero-order valence-electron chi connectivity index (χ0n) is 11.0. The summed E-state index contributed by atoms with van der Waals surface area (Å²) in [5, 5.41) is 0. The Kier molecular flexibility index (Phi) is 4.50. The molecule has 0 amide bonds. The Balaban J connectivity index is 1.83. The molecule has 4 nitrogen and oxygen atoms in total. The van der Waals surface area contributed by atoms with Crippen LogP contribution in [0.25, 0.3) is 0 Å². The summed E-state index contributed by atoms with van der Waals surface area (Å²) in [4.78, 5) is 11.7. The van der Waals surface area contributed by atoms with Crippen molar-refractivity contribution >= 4 is 5.97 Å². The highest BCUT2D eigenvalue weighted by atomic mass is 19.1. The highest BCUT2D eigenvalue weighted by molar-refractivity contribution is 5.89. The average molecular weight is 268 g/mol. The number of alkyl halides is 1. The molecule has 1 aromatic rings. The first-order valence-electron chi connectivity index (χ1n) is 6.16. The van der Waals surface area contributed by atoms with E-state index in [1.165, 1.54) is 7.11 Å². The molecule has 0 saturated carbocycles. The number of rotatable bonds is 4. The van der Waals surface area contributed by atoms with Crippen LogP contribution in [0.15, 0.2) is 24.3 Å². The lowest BCUT2D eigenvalue weighted by Crippen LogP contribution is -2.21. The molecule has 0 aliphatic carbocycles.